The number of imide groups is 1. The molecule has 5 aromatic rings. The van der Waals surface area contributed by atoms with E-state index in [-0.39, 0.29) is 23.9 Å². The van der Waals surface area contributed by atoms with Crippen LogP contribution in [0.5, 0.6) is 11.5 Å². The standard InChI is InChI=1S/C28H21N5O6/c1-38-17-8-9-21-20(12-17)23-24(30-21)27(36)33(28(37)31-23)29-13-15-7-10-22(39-2)16(11-15)14-32-25(34)18-5-3-4-6-19(18)26(32)35/h3-13,30H,14H2,1-2H3,(H,31,37)/b29-13+. The number of nitrogens with zero attached hydrogens (tertiary/aromatic N) is 3. The van der Waals surface area contributed by atoms with Crippen LogP contribution in [0, 0.1) is 0 Å². The lowest BCUT2D eigenvalue weighted by atomic mass is 10.1. The van der Waals surface area contributed by atoms with Gasteiger partial charge >= 0.3 is 11.2 Å². The van der Waals surface area contributed by atoms with Gasteiger partial charge in [0.05, 0.1) is 43.6 Å². The number of nitrogens with one attached hydrogen (secondary N) is 2. The molecule has 11 heteroatoms. The number of aromatic amines is 2. The molecule has 1 aliphatic heterocycles. The third-order valence-electron chi connectivity index (χ3n) is 6.67. The molecule has 0 bridgehead atoms. The normalized spacial score (nSPS) is 13.1. The highest BCUT2D eigenvalue weighted by atomic mass is 16.5. The predicted molar refractivity (Wildman–Crippen MR) is 144 cm³/mol. The minimum atomic E-state index is -0.716. The number of benzene rings is 3. The summed E-state index contributed by atoms with van der Waals surface area (Å²) in [6, 6.07) is 16.9. The highest BCUT2D eigenvalue weighted by molar-refractivity contribution is 6.21. The third kappa shape index (κ3) is 3.87. The molecule has 6 rings (SSSR count). The molecule has 0 radical (unpaired) electrons. The molecule has 0 fully saturated rings. The van der Waals surface area contributed by atoms with Crippen molar-refractivity contribution in [3.63, 3.8) is 0 Å². The van der Waals surface area contributed by atoms with Crippen LogP contribution in [0.4, 0.5) is 0 Å². The monoisotopic (exact) mass is 523 g/mol. The molecule has 2 aromatic heterocycles. The molecule has 194 valence electrons. The number of ether oxygens (including phenoxy) is 2. The van der Waals surface area contributed by atoms with E-state index in [2.05, 4.69) is 15.1 Å². The molecule has 0 atom stereocenters. The number of hydrogen-bond donors (Lipinski definition) is 2. The topological polar surface area (TPSA) is 139 Å². The number of aromatic nitrogens is 3. The number of H-pyrrole nitrogens is 2. The van der Waals surface area contributed by atoms with Crippen molar-refractivity contribution in [2.24, 2.45) is 5.10 Å². The van der Waals surface area contributed by atoms with E-state index < -0.39 is 11.2 Å². The molecule has 0 saturated carbocycles. The van der Waals surface area contributed by atoms with Crippen molar-refractivity contribution in [3.8, 4) is 11.5 Å². The molecular weight excluding hydrogens is 502 g/mol. The summed E-state index contributed by atoms with van der Waals surface area (Å²) in [5.74, 6) is 0.273. The summed E-state index contributed by atoms with van der Waals surface area (Å²) in [7, 11) is 3.02. The quantitative estimate of drug-likeness (QED) is 0.259. The van der Waals surface area contributed by atoms with Crippen molar-refractivity contribution in [1.82, 2.24) is 19.5 Å². The Morgan fingerprint density at radius 2 is 1.59 bits per heavy atom. The minimum absolute atomic E-state index is 0.0256. The number of hydrogen-bond acceptors (Lipinski definition) is 7. The lowest BCUT2D eigenvalue weighted by Gasteiger charge is -2.16. The first-order valence-electron chi connectivity index (χ1n) is 11.9. The van der Waals surface area contributed by atoms with Gasteiger partial charge in [-0.05, 0) is 54.1 Å². The summed E-state index contributed by atoms with van der Waals surface area (Å²) in [5.41, 5.74) is 1.65. The molecule has 11 nitrogen and oxygen atoms in total. The minimum Gasteiger partial charge on any atom is -0.497 e. The molecule has 3 heterocycles. The number of fused-ring (bicyclic) bond motifs is 4. The largest absolute Gasteiger partial charge is 0.497 e. The zero-order chi connectivity index (χ0) is 27.3. The van der Waals surface area contributed by atoms with Crippen LogP contribution in [0.2, 0.25) is 0 Å². The van der Waals surface area contributed by atoms with E-state index in [0.29, 0.717) is 50.2 Å². The SMILES string of the molecule is COc1ccc2[nH]c3c(=O)n(/N=C/c4ccc(OC)c(CN5C(=O)c6ccccc6C5=O)c4)c(=O)[nH]c3c2c1. The maximum absolute atomic E-state index is 13.1. The van der Waals surface area contributed by atoms with Gasteiger partial charge in [-0.2, -0.15) is 5.10 Å². The van der Waals surface area contributed by atoms with Crippen LogP contribution in [-0.2, 0) is 6.54 Å². The number of amides is 2. The Kier molecular flexibility index (Phi) is 5.60. The molecule has 2 N–H and O–H groups in total. The first kappa shape index (κ1) is 23.9. The van der Waals surface area contributed by atoms with Crippen LogP contribution < -0.4 is 20.7 Å². The molecule has 0 unspecified atom stereocenters. The van der Waals surface area contributed by atoms with Gasteiger partial charge < -0.3 is 19.4 Å². The highest BCUT2D eigenvalue weighted by Crippen LogP contribution is 2.28. The first-order valence-corrected chi connectivity index (χ1v) is 11.9. The van der Waals surface area contributed by atoms with E-state index >= 15 is 0 Å². The van der Waals surface area contributed by atoms with Crippen molar-refractivity contribution < 1.29 is 19.1 Å². The number of carbonyl (C=O) groups is 2. The Balaban J connectivity index is 1.35. The molecule has 3 aromatic carbocycles. The summed E-state index contributed by atoms with van der Waals surface area (Å²) in [6.45, 7) is -0.0256. The molecule has 1 aliphatic rings. The first-order chi connectivity index (χ1) is 18.9. The molecule has 2 amide bonds. The van der Waals surface area contributed by atoms with E-state index in [1.165, 1.54) is 20.4 Å². The number of methoxy groups -OCH3 is 2. The van der Waals surface area contributed by atoms with Crippen molar-refractivity contribution in [1.29, 1.82) is 0 Å². The van der Waals surface area contributed by atoms with Crippen molar-refractivity contribution in [2.45, 2.75) is 6.54 Å². The van der Waals surface area contributed by atoms with Crippen LogP contribution in [0.3, 0.4) is 0 Å². The molecule has 0 saturated heterocycles. The third-order valence-corrected chi connectivity index (χ3v) is 6.67. The fourth-order valence-corrected chi connectivity index (χ4v) is 4.73. The van der Waals surface area contributed by atoms with Crippen LogP contribution in [0.15, 0.2) is 75.4 Å². The Labute approximate surface area is 219 Å². The summed E-state index contributed by atoms with van der Waals surface area (Å²) in [5, 5.41) is 4.76. The van der Waals surface area contributed by atoms with Crippen LogP contribution in [0.1, 0.15) is 31.8 Å². The Bertz CT molecular complexity index is 1930. The van der Waals surface area contributed by atoms with Crippen molar-refractivity contribution >= 4 is 40.0 Å². The summed E-state index contributed by atoms with van der Waals surface area (Å²) in [6.07, 6.45) is 1.35. The van der Waals surface area contributed by atoms with Gasteiger partial charge in [-0.3, -0.25) is 19.3 Å². The van der Waals surface area contributed by atoms with E-state index in [1.807, 2.05) is 0 Å². The van der Waals surface area contributed by atoms with Gasteiger partial charge in [-0.1, -0.05) is 12.1 Å². The number of rotatable bonds is 6. The summed E-state index contributed by atoms with van der Waals surface area (Å²) in [4.78, 5) is 58.5. The van der Waals surface area contributed by atoms with Gasteiger partial charge in [0, 0.05) is 16.5 Å². The van der Waals surface area contributed by atoms with Gasteiger partial charge in [-0.25, -0.2) is 4.79 Å². The summed E-state index contributed by atoms with van der Waals surface area (Å²) < 4.78 is 11.4. The molecule has 0 aliphatic carbocycles. The fraction of sp³-hybridized carbons (Fsp3) is 0.107. The Morgan fingerprint density at radius 1 is 0.846 bits per heavy atom. The van der Waals surface area contributed by atoms with Crippen LogP contribution >= 0.6 is 0 Å². The fourth-order valence-electron chi connectivity index (χ4n) is 4.73. The van der Waals surface area contributed by atoms with Crippen LogP contribution in [-0.4, -0.2) is 51.8 Å². The lowest BCUT2D eigenvalue weighted by molar-refractivity contribution is 0.0641. The number of carbonyl (C=O) groups excluding carboxylic acids is 2. The van der Waals surface area contributed by atoms with Gasteiger partial charge in [0.2, 0.25) is 0 Å². The average Bonchev–Trinajstić information content (AvgIpc) is 3.43. The van der Waals surface area contributed by atoms with E-state index in [1.54, 1.807) is 60.7 Å². The van der Waals surface area contributed by atoms with Gasteiger partial charge in [0.15, 0.2) is 0 Å². The van der Waals surface area contributed by atoms with E-state index in [4.69, 9.17) is 9.47 Å². The van der Waals surface area contributed by atoms with Gasteiger partial charge in [0.25, 0.3) is 11.8 Å². The molecule has 39 heavy (non-hydrogen) atoms. The molecular formula is C28H21N5O6. The highest BCUT2D eigenvalue weighted by Gasteiger charge is 2.35. The second-order valence-electron chi connectivity index (χ2n) is 8.89. The smallest absolute Gasteiger partial charge is 0.350 e. The zero-order valence-electron chi connectivity index (χ0n) is 20.8. The predicted octanol–water partition coefficient (Wildman–Crippen LogP) is 2.87. The Morgan fingerprint density at radius 3 is 2.28 bits per heavy atom. The average molecular weight is 524 g/mol. The molecule has 0 spiro atoms. The second-order valence-corrected chi connectivity index (χ2v) is 8.89. The van der Waals surface area contributed by atoms with Crippen molar-refractivity contribution in [3.05, 3.63) is 104 Å². The second kappa shape index (κ2) is 9.14. The van der Waals surface area contributed by atoms with Gasteiger partial charge in [-0.15, -0.1) is 4.68 Å². The maximum Gasteiger partial charge on any atom is 0.350 e. The van der Waals surface area contributed by atoms with E-state index in [0.717, 1.165) is 9.58 Å². The van der Waals surface area contributed by atoms with Crippen LogP contribution in [0.25, 0.3) is 21.9 Å². The lowest BCUT2D eigenvalue weighted by Crippen LogP contribution is -2.32. The zero-order valence-corrected chi connectivity index (χ0v) is 20.8. The maximum atomic E-state index is 13.1. The van der Waals surface area contributed by atoms with Crippen molar-refractivity contribution in [2.75, 3.05) is 14.2 Å². The van der Waals surface area contributed by atoms with Gasteiger partial charge in [0.1, 0.15) is 17.0 Å². The Hall–Kier alpha value is -5.45. The summed E-state index contributed by atoms with van der Waals surface area (Å²) >= 11 is 0. The van der Waals surface area contributed by atoms with E-state index in [9.17, 15) is 19.2 Å².